The number of phosphoric ester groups is 1. The van der Waals surface area contributed by atoms with Crippen molar-refractivity contribution in [1.82, 2.24) is 0 Å². The number of nitrogens with zero attached hydrogens (tertiary/aromatic N) is 1. The Morgan fingerprint density at radius 1 is 0.651 bits per heavy atom. The van der Waals surface area contributed by atoms with Crippen LogP contribution in [0.15, 0.2) is 0 Å². The third-order valence-electron chi connectivity index (χ3n) is 7.86. The molecule has 0 amide bonds. The number of quaternary nitrogens is 1. The molecule has 0 heterocycles. The summed E-state index contributed by atoms with van der Waals surface area (Å²) in [7, 11) is 1.26. The van der Waals surface area contributed by atoms with Crippen molar-refractivity contribution in [3.63, 3.8) is 0 Å². The summed E-state index contributed by atoms with van der Waals surface area (Å²) in [5, 5.41) is 9.85. The summed E-state index contributed by atoms with van der Waals surface area (Å²) in [6.45, 7) is 1.98. The molecule has 2 atom stereocenters. The Balaban J connectivity index is 3.39. The van der Waals surface area contributed by atoms with Gasteiger partial charge < -0.3 is 28.3 Å². The van der Waals surface area contributed by atoms with Crippen molar-refractivity contribution in [2.45, 2.75) is 167 Å². The standard InChI is InChI=1S/C34H70NO7P/c1-5-6-7-8-9-10-11-12-13-14-15-16-17-18-19-20-21-22-23-24-25-26-27-28-34(37)40-31-33(36)32-42-43(38,39)41-30-29-35(2,3)4/h33,36H,5-32H2,1-4H3/t33-/m1/s1. The lowest BCUT2D eigenvalue weighted by atomic mass is 10.0. The fraction of sp³-hybridized carbons (Fsp3) is 0.971. The zero-order valence-electron chi connectivity index (χ0n) is 28.7. The van der Waals surface area contributed by atoms with Crippen LogP contribution in [0.3, 0.4) is 0 Å². The molecule has 0 rings (SSSR count). The zero-order chi connectivity index (χ0) is 32.1. The zero-order valence-corrected chi connectivity index (χ0v) is 29.6. The molecule has 0 saturated heterocycles. The third-order valence-corrected chi connectivity index (χ3v) is 8.82. The maximum atomic E-state index is 11.9. The number of hydrogen-bond donors (Lipinski definition) is 1. The van der Waals surface area contributed by atoms with Crippen molar-refractivity contribution in [2.24, 2.45) is 0 Å². The van der Waals surface area contributed by atoms with E-state index >= 15 is 0 Å². The van der Waals surface area contributed by atoms with E-state index in [-0.39, 0.29) is 19.2 Å². The second-order valence-electron chi connectivity index (χ2n) is 13.5. The Hall–Kier alpha value is -0.500. The fourth-order valence-corrected chi connectivity index (χ4v) is 5.74. The van der Waals surface area contributed by atoms with Gasteiger partial charge in [0.25, 0.3) is 7.82 Å². The van der Waals surface area contributed by atoms with Crippen molar-refractivity contribution in [1.29, 1.82) is 0 Å². The second-order valence-corrected chi connectivity index (χ2v) is 14.9. The molecule has 0 aliphatic heterocycles. The van der Waals surface area contributed by atoms with Gasteiger partial charge in [0, 0.05) is 6.42 Å². The van der Waals surface area contributed by atoms with Gasteiger partial charge in [-0.2, -0.15) is 0 Å². The van der Waals surface area contributed by atoms with Crippen LogP contribution >= 0.6 is 7.82 Å². The fourth-order valence-electron chi connectivity index (χ4n) is 5.01. The van der Waals surface area contributed by atoms with Crippen LogP contribution in [0.4, 0.5) is 0 Å². The van der Waals surface area contributed by atoms with Gasteiger partial charge in [-0.3, -0.25) is 9.36 Å². The highest BCUT2D eigenvalue weighted by Gasteiger charge is 2.16. The highest BCUT2D eigenvalue weighted by molar-refractivity contribution is 7.45. The second kappa shape index (κ2) is 28.9. The van der Waals surface area contributed by atoms with Crippen LogP contribution in [0.25, 0.3) is 0 Å². The Labute approximate surface area is 265 Å². The number of aliphatic hydroxyl groups excluding tert-OH is 1. The van der Waals surface area contributed by atoms with Crippen LogP contribution in [0.5, 0.6) is 0 Å². The summed E-state index contributed by atoms with van der Waals surface area (Å²) in [4.78, 5) is 23.6. The summed E-state index contributed by atoms with van der Waals surface area (Å²) in [5.74, 6) is -0.382. The number of phosphoric acid groups is 1. The molecule has 8 nitrogen and oxygen atoms in total. The first kappa shape index (κ1) is 42.5. The largest absolute Gasteiger partial charge is 0.756 e. The first-order chi connectivity index (χ1) is 20.6. The van der Waals surface area contributed by atoms with Crippen LogP contribution in [0.1, 0.15) is 161 Å². The van der Waals surface area contributed by atoms with E-state index in [9.17, 15) is 19.4 Å². The molecule has 0 bridgehead atoms. The Bertz CT molecular complexity index is 672. The lowest BCUT2D eigenvalue weighted by Gasteiger charge is -2.27. The van der Waals surface area contributed by atoms with E-state index in [4.69, 9.17) is 9.26 Å². The maximum absolute atomic E-state index is 11.9. The average Bonchev–Trinajstić information content (AvgIpc) is 2.94. The Kier molecular flexibility index (Phi) is 28.6. The predicted molar refractivity (Wildman–Crippen MR) is 176 cm³/mol. The minimum absolute atomic E-state index is 0.00504. The van der Waals surface area contributed by atoms with Crippen LogP contribution in [-0.4, -0.2) is 69.2 Å². The Morgan fingerprint density at radius 3 is 1.40 bits per heavy atom. The molecule has 0 aromatic heterocycles. The quantitative estimate of drug-likeness (QED) is 0.0334. The molecule has 1 N–H and O–H groups in total. The van der Waals surface area contributed by atoms with Crippen molar-refractivity contribution >= 4 is 13.8 Å². The number of carbonyl (C=O) groups is 1. The number of hydrogen-bond acceptors (Lipinski definition) is 7. The molecule has 1 unspecified atom stereocenters. The van der Waals surface area contributed by atoms with Gasteiger partial charge in [0.1, 0.15) is 25.9 Å². The first-order valence-electron chi connectivity index (χ1n) is 17.8. The Morgan fingerprint density at radius 2 is 1.02 bits per heavy atom. The van der Waals surface area contributed by atoms with Gasteiger partial charge in [-0.05, 0) is 6.42 Å². The molecule has 0 saturated carbocycles. The molecular weight excluding hydrogens is 565 g/mol. The van der Waals surface area contributed by atoms with E-state index in [0.29, 0.717) is 17.4 Å². The molecule has 0 radical (unpaired) electrons. The molecule has 0 aliphatic rings. The van der Waals surface area contributed by atoms with Gasteiger partial charge >= 0.3 is 5.97 Å². The van der Waals surface area contributed by atoms with E-state index in [0.717, 1.165) is 19.3 Å². The third kappa shape index (κ3) is 34.2. The molecule has 0 aromatic carbocycles. The minimum atomic E-state index is -4.49. The number of rotatable bonds is 33. The molecule has 0 spiro atoms. The van der Waals surface area contributed by atoms with Crippen LogP contribution in [0.2, 0.25) is 0 Å². The van der Waals surface area contributed by atoms with Gasteiger partial charge in [0.2, 0.25) is 0 Å². The summed E-state index contributed by atoms with van der Waals surface area (Å²) >= 11 is 0. The highest BCUT2D eigenvalue weighted by Crippen LogP contribution is 2.38. The normalized spacial score (nSPS) is 14.1. The van der Waals surface area contributed by atoms with Crippen molar-refractivity contribution in [3.05, 3.63) is 0 Å². The molecule has 0 fully saturated rings. The van der Waals surface area contributed by atoms with Crippen molar-refractivity contribution < 1.29 is 37.6 Å². The van der Waals surface area contributed by atoms with Crippen molar-refractivity contribution in [2.75, 3.05) is 47.5 Å². The van der Waals surface area contributed by atoms with E-state index in [1.807, 2.05) is 21.1 Å². The topological polar surface area (TPSA) is 105 Å². The minimum Gasteiger partial charge on any atom is -0.756 e. The number of likely N-dealkylation sites (N-methyl/N-ethyl adjacent to an activating group) is 1. The van der Waals surface area contributed by atoms with Gasteiger partial charge in [0.15, 0.2) is 0 Å². The van der Waals surface area contributed by atoms with Crippen LogP contribution in [-0.2, 0) is 23.1 Å². The van der Waals surface area contributed by atoms with E-state index < -0.39 is 20.5 Å². The van der Waals surface area contributed by atoms with Crippen LogP contribution in [0, 0.1) is 0 Å². The number of ether oxygens (including phenoxy) is 1. The van der Waals surface area contributed by atoms with E-state index in [1.165, 1.54) is 128 Å². The van der Waals surface area contributed by atoms with Gasteiger partial charge in [0.05, 0.1) is 27.7 Å². The summed E-state index contributed by atoms with van der Waals surface area (Å²) in [6, 6.07) is 0. The van der Waals surface area contributed by atoms with Gasteiger partial charge in [-0.15, -0.1) is 0 Å². The number of aliphatic hydroxyl groups is 1. The van der Waals surface area contributed by atoms with E-state index in [2.05, 4.69) is 11.4 Å². The smallest absolute Gasteiger partial charge is 0.305 e. The first-order valence-corrected chi connectivity index (χ1v) is 19.3. The summed E-state index contributed by atoms with van der Waals surface area (Å²) in [5.41, 5.74) is 0. The maximum Gasteiger partial charge on any atom is 0.305 e. The summed E-state index contributed by atoms with van der Waals surface area (Å²) < 4.78 is 26.8. The molecule has 0 aromatic rings. The number of esters is 1. The van der Waals surface area contributed by atoms with Crippen molar-refractivity contribution in [3.8, 4) is 0 Å². The molecule has 0 aliphatic carbocycles. The lowest BCUT2D eigenvalue weighted by molar-refractivity contribution is -0.870. The molecular formula is C34H70NO7P. The lowest BCUT2D eigenvalue weighted by Crippen LogP contribution is -2.37. The van der Waals surface area contributed by atoms with Crippen LogP contribution < -0.4 is 4.89 Å². The number of unbranched alkanes of at least 4 members (excludes halogenated alkanes) is 22. The molecule has 43 heavy (non-hydrogen) atoms. The monoisotopic (exact) mass is 635 g/mol. The predicted octanol–water partition coefficient (Wildman–Crippen LogP) is 8.48. The van der Waals surface area contributed by atoms with Gasteiger partial charge in [-0.25, -0.2) is 0 Å². The van der Waals surface area contributed by atoms with E-state index in [1.54, 1.807) is 0 Å². The van der Waals surface area contributed by atoms with Gasteiger partial charge in [-0.1, -0.05) is 148 Å². The molecule has 9 heteroatoms. The average molecular weight is 636 g/mol. The highest BCUT2D eigenvalue weighted by atomic mass is 31.2. The SMILES string of the molecule is CCCCCCCCCCCCCCCCCCCCCCCCCC(=O)OC[C@@H](O)COP(=O)([O-])OCC[N+](C)(C)C. The molecule has 258 valence electrons. The number of carbonyl (C=O) groups excluding carboxylic acids is 1. The summed E-state index contributed by atoms with van der Waals surface area (Å²) in [6.07, 6.45) is 29.7.